The highest BCUT2D eigenvalue weighted by atomic mass is 16.5. The first-order valence-corrected chi connectivity index (χ1v) is 7.07. The van der Waals surface area contributed by atoms with Crippen LogP contribution in [0.1, 0.15) is 23.9 Å². The number of hydrogen-bond acceptors (Lipinski definition) is 3. The Bertz CT molecular complexity index is 643. The molecule has 1 heterocycles. The van der Waals surface area contributed by atoms with Gasteiger partial charge in [-0.1, -0.05) is 12.6 Å². The summed E-state index contributed by atoms with van der Waals surface area (Å²) in [6.45, 7) is 11.2. The van der Waals surface area contributed by atoms with Gasteiger partial charge in [-0.15, -0.1) is 0 Å². The lowest BCUT2D eigenvalue weighted by Crippen LogP contribution is -2.03. The van der Waals surface area contributed by atoms with E-state index in [1.165, 1.54) is 11.3 Å². The van der Waals surface area contributed by atoms with E-state index < -0.39 is 0 Å². The summed E-state index contributed by atoms with van der Waals surface area (Å²) >= 11 is 0. The fourth-order valence-electron chi connectivity index (χ4n) is 2.17. The minimum Gasteiger partial charge on any atom is -0.489 e. The summed E-state index contributed by atoms with van der Waals surface area (Å²) in [7, 11) is 1.97. The highest BCUT2D eigenvalue weighted by Crippen LogP contribution is 2.20. The van der Waals surface area contributed by atoms with Gasteiger partial charge in [0.15, 0.2) is 0 Å². The van der Waals surface area contributed by atoms with Crippen LogP contribution < -0.4 is 10.1 Å². The smallest absolute Gasteiger partial charge is 0.121 e. The molecule has 0 spiro atoms. The van der Waals surface area contributed by atoms with Gasteiger partial charge in [0.05, 0.1) is 5.69 Å². The molecular weight excluding hydrogens is 262 g/mol. The number of nitrogens with one attached hydrogen (secondary N) is 1. The molecule has 0 aliphatic carbocycles. The van der Waals surface area contributed by atoms with E-state index >= 15 is 0 Å². The predicted octanol–water partition coefficient (Wildman–Crippen LogP) is 3.60. The third-order valence-corrected chi connectivity index (χ3v) is 3.45. The van der Waals surface area contributed by atoms with Crippen molar-refractivity contribution in [1.82, 2.24) is 9.78 Å². The standard InChI is InChI=1S/C17H23N3O/c1-12(2)11-21-16-8-6-7-15(9-16)18-10-17-13(3)19-20(5)14(17)4/h6-9,18H,1,10-11H2,2-5H3. The van der Waals surface area contributed by atoms with Gasteiger partial charge in [-0.3, -0.25) is 4.68 Å². The minimum atomic E-state index is 0.546. The molecule has 0 saturated carbocycles. The molecular formula is C17H23N3O. The topological polar surface area (TPSA) is 39.1 Å². The number of aryl methyl sites for hydroxylation is 2. The van der Waals surface area contributed by atoms with Gasteiger partial charge in [0.2, 0.25) is 0 Å². The zero-order valence-corrected chi connectivity index (χ0v) is 13.2. The van der Waals surface area contributed by atoms with E-state index in [2.05, 4.69) is 23.9 Å². The van der Waals surface area contributed by atoms with Crippen molar-refractivity contribution in [2.24, 2.45) is 7.05 Å². The molecule has 2 rings (SSSR count). The highest BCUT2D eigenvalue weighted by molar-refractivity contribution is 5.49. The van der Waals surface area contributed by atoms with Gasteiger partial charge in [-0.05, 0) is 38.5 Å². The molecule has 4 heteroatoms. The molecule has 0 bridgehead atoms. The predicted molar refractivity (Wildman–Crippen MR) is 86.8 cm³/mol. The first-order valence-electron chi connectivity index (χ1n) is 7.07. The van der Waals surface area contributed by atoms with E-state index in [1.807, 2.05) is 49.8 Å². The van der Waals surface area contributed by atoms with Crippen molar-refractivity contribution in [3.05, 3.63) is 53.4 Å². The number of ether oxygens (including phenoxy) is 1. The quantitative estimate of drug-likeness (QED) is 0.824. The van der Waals surface area contributed by atoms with Crippen LogP contribution in [-0.4, -0.2) is 16.4 Å². The average molecular weight is 285 g/mol. The Hall–Kier alpha value is -2.23. The fourth-order valence-corrected chi connectivity index (χ4v) is 2.17. The Kier molecular flexibility index (Phi) is 4.68. The van der Waals surface area contributed by atoms with Crippen LogP contribution in [-0.2, 0) is 13.6 Å². The summed E-state index contributed by atoms with van der Waals surface area (Å²) in [5.74, 6) is 0.850. The van der Waals surface area contributed by atoms with Gasteiger partial charge >= 0.3 is 0 Å². The third kappa shape index (κ3) is 3.88. The van der Waals surface area contributed by atoms with E-state index in [1.54, 1.807) is 0 Å². The Labute approximate surface area is 126 Å². The van der Waals surface area contributed by atoms with Gasteiger partial charge < -0.3 is 10.1 Å². The monoisotopic (exact) mass is 285 g/mol. The number of benzene rings is 1. The fraction of sp³-hybridized carbons (Fsp3) is 0.353. The number of aromatic nitrogens is 2. The maximum Gasteiger partial charge on any atom is 0.121 e. The summed E-state index contributed by atoms with van der Waals surface area (Å²) in [6, 6.07) is 7.98. The zero-order chi connectivity index (χ0) is 15.4. The molecule has 1 aromatic carbocycles. The lowest BCUT2D eigenvalue weighted by Gasteiger charge is -2.10. The van der Waals surface area contributed by atoms with Gasteiger partial charge in [0.1, 0.15) is 12.4 Å². The van der Waals surface area contributed by atoms with E-state index in [4.69, 9.17) is 4.74 Å². The van der Waals surface area contributed by atoms with Gasteiger partial charge in [0.25, 0.3) is 0 Å². The normalized spacial score (nSPS) is 10.5. The van der Waals surface area contributed by atoms with E-state index in [0.717, 1.165) is 29.2 Å². The second-order valence-electron chi connectivity index (χ2n) is 5.40. The molecule has 0 atom stereocenters. The van der Waals surface area contributed by atoms with Crippen molar-refractivity contribution in [3.8, 4) is 5.75 Å². The maximum absolute atomic E-state index is 5.66. The van der Waals surface area contributed by atoms with Crippen LogP contribution in [0.25, 0.3) is 0 Å². The molecule has 21 heavy (non-hydrogen) atoms. The van der Waals surface area contributed by atoms with Crippen molar-refractivity contribution < 1.29 is 4.74 Å². The molecule has 112 valence electrons. The van der Waals surface area contributed by atoms with Crippen molar-refractivity contribution in [3.63, 3.8) is 0 Å². The van der Waals surface area contributed by atoms with Crippen LogP contribution in [0.3, 0.4) is 0 Å². The van der Waals surface area contributed by atoms with Crippen molar-refractivity contribution >= 4 is 5.69 Å². The van der Waals surface area contributed by atoms with Crippen molar-refractivity contribution in [2.75, 3.05) is 11.9 Å². The Morgan fingerprint density at radius 2 is 2.14 bits per heavy atom. The van der Waals surface area contributed by atoms with E-state index in [-0.39, 0.29) is 0 Å². The molecule has 2 aromatic rings. The zero-order valence-electron chi connectivity index (χ0n) is 13.2. The molecule has 0 unspecified atom stereocenters. The summed E-state index contributed by atoms with van der Waals surface area (Å²) in [5, 5.41) is 7.86. The molecule has 0 radical (unpaired) electrons. The van der Waals surface area contributed by atoms with Crippen LogP contribution in [0.2, 0.25) is 0 Å². The van der Waals surface area contributed by atoms with Crippen molar-refractivity contribution in [1.29, 1.82) is 0 Å². The van der Waals surface area contributed by atoms with Crippen LogP contribution >= 0.6 is 0 Å². The summed E-state index contributed by atoms with van der Waals surface area (Å²) in [4.78, 5) is 0. The van der Waals surface area contributed by atoms with E-state index in [0.29, 0.717) is 6.61 Å². The number of anilines is 1. The third-order valence-electron chi connectivity index (χ3n) is 3.45. The molecule has 0 aliphatic rings. The number of nitrogens with zero attached hydrogens (tertiary/aromatic N) is 2. The maximum atomic E-state index is 5.66. The van der Waals surface area contributed by atoms with Gasteiger partial charge in [-0.2, -0.15) is 5.10 Å². The van der Waals surface area contributed by atoms with Crippen LogP contribution in [0, 0.1) is 13.8 Å². The molecule has 4 nitrogen and oxygen atoms in total. The lowest BCUT2D eigenvalue weighted by molar-refractivity contribution is 0.353. The first-order chi connectivity index (χ1) is 9.97. The summed E-state index contributed by atoms with van der Waals surface area (Å²) in [6.07, 6.45) is 0. The highest BCUT2D eigenvalue weighted by Gasteiger charge is 2.08. The molecule has 0 saturated heterocycles. The van der Waals surface area contributed by atoms with Gasteiger partial charge in [-0.25, -0.2) is 0 Å². The largest absolute Gasteiger partial charge is 0.489 e. The number of hydrogen-bond donors (Lipinski definition) is 1. The van der Waals surface area contributed by atoms with Crippen LogP contribution in [0.5, 0.6) is 5.75 Å². The van der Waals surface area contributed by atoms with Gasteiger partial charge in [0, 0.05) is 36.6 Å². The summed E-state index contributed by atoms with van der Waals surface area (Å²) < 4.78 is 7.57. The molecule has 1 aromatic heterocycles. The minimum absolute atomic E-state index is 0.546. The second kappa shape index (κ2) is 6.48. The molecule has 1 N–H and O–H groups in total. The summed E-state index contributed by atoms with van der Waals surface area (Å²) in [5.41, 5.74) is 5.55. The lowest BCUT2D eigenvalue weighted by atomic mass is 10.2. The molecule has 0 aliphatic heterocycles. The van der Waals surface area contributed by atoms with Crippen molar-refractivity contribution in [2.45, 2.75) is 27.3 Å². The second-order valence-corrected chi connectivity index (χ2v) is 5.40. The van der Waals surface area contributed by atoms with Crippen LogP contribution in [0.4, 0.5) is 5.69 Å². The Morgan fingerprint density at radius 3 is 2.76 bits per heavy atom. The first kappa shape index (κ1) is 15.2. The Morgan fingerprint density at radius 1 is 1.38 bits per heavy atom. The molecule has 0 amide bonds. The Balaban J connectivity index is 2.03. The SMILES string of the molecule is C=C(C)COc1cccc(NCc2c(C)nn(C)c2C)c1. The number of rotatable bonds is 6. The van der Waals surface area contributed by atoms with Crippen LogP contribution in [0.15, 0.2) is 36.4 Å². The van der Waals surface area contributed by atoms with E-state index in [9.17, 15) is 0 Å². The molecule has 0 fully saturated rings. The average Bonchev–Trinajstić information content (AvgIpc) is 2.68.